The predicted octanol–water partition coefficient (Wildman–Crippen LogP) is 4.78. The second kappa shape index (κ2) is 8.02. The molecule has 2 heteroatoms. The van der Waals surface area contributed by atoms with Crippen molar-refractivity contribution in [3.05, 3.63) is 0 Å². The van der Waals surface area contributed by atoms with Gasteiger partial charge in [-0.25, -0.2) is 0 Å². The van der Waals surface area contributed by atoms with Gasteiger partial charge in [-0.3, -0.25) is 0 Å². The molecule has 0 aromatic carbocycles. The highest BCUT2D eigenvalue weighted by Crippen LogP contribution is 2.27. The Morgan fingerprint density at radius 2 is 1.56 bits per heavy atom. The Balaban J connectivity index is 1.95. The van der Waals surface area contributed by atoms with Gasteiger partial charge in [0.15, 0.2) is 0 Å². The van der Waals surface area contributed by atoms with Crippen molar-refractivity contribution in [1.82, 2.24) is 0 Å². The van der Waals surface area contributed by atoms with Gasteiger partial charge in [-0.15, -0.1) is 5.54 Å². The first kappa shape index (κ1) is 15.8. The second-order valence-electron chi connectivity index (χ2n) is 6.52. The van der Waals surface area contributed by atoms with Crippen LogP contribution in [0.15, 0.2) is 0 Å². The molecule has 1 saturated heterocycles. The molecule has 0 saturated carbocycles. The first-order chi connectivity index (χ1) is 8.53. The van der Waals surface area contributed by atoms with E-state index in [0.29, 0.717) is 6.10 Å². The van der Waals surface area contributed by atoms with E-state index in [1.165, 1.54) is 51.4 Å². The minimum Gasteiger partial charge on any atom is -0.356 e. The molecule has 1 fully saturated rings. The van der Waals surface area contributed by atoms with E-state index in [-0.39, 0.29) is 6.10 Å². The van der Waals surface area contributed by atoms with Crippen LogP contribution in [-0.2, 0) is 4.74 Å². The van der Waals surface area contributed by atoms with Gasteiger partial charge in [-0.1, -0.05) is 77.4 Å². The molecule has 0 amide bonds. The fraction of sp³-hybridized carbons (Fsp3) is 0.875. The van der Waals surface area contributed by atoms with Crippen LogP contribution in [0.2, 0.25) is 19.6 Å². The first-order valence-electron chi connectivity index (χ1n) is 7.71. The molecule has 0 bridgehead atoms. The Morgan fingerprint density at radius 1 is 0.944 bits per heavy atom. The summed E-state index contributed by atoms with van der Waals surface area (Å²) in [7, 11) is -1.21. The molecule has 0 spiro atoms. The first-order valence-corrected chi connectivity index (χ1v) is 11.2. The van der Waals surface area contributed by atoms with Crippen LogP contribution < -0.4 is 0 Å². The highest BCUT2D eigenvalue weighted by molar-refractivity contribution is 6.83. The standard InChI is InChI=1S/C16H30OSi/c1-5-6-7-8-9-10-11-12-15-16(17-15)13-14-18(2,3)4/h15-16H,5-12H2,1-4H3/t15-,16+/m1/s1. The smallest absolute Gasteiger partial charge is 0.144 e. The number of rotatable bonds is 8. The SMILES string of the molecule is CCCCCCCCC[C@H]1O[C@H]1C#C[Si](C)(C)C. The van der Waals surface area contributed by atoms with Crippen molar-refractivity contribution in [2.75, 3.05) is 0 Å². The molecular formula is C16H30OSi. The molecule has 0 aromatic rings. The highest BCUT2D eigenvalue weighted by atomic mass is 28.3. The zero-order valence-electron chi connectivity index (χ0n) is 12.7. The topological polar surface area (TPSA) is 12.5 Å². The van der Waals surface area contributed by atoms with Gasteiger partial charge in [0.2, 0.25) is 0 Å². The quantitative estimate of drug-likeness (QED) is 0.267. The molecular weight excluding hydrogens is 236 g/mol. The molecule has 1 nitrogen and oxygen atoms in total. The van der Waals surface area contributed by atoms with Crippen LogP contribution in [0.1, 0.15) is 58.3 Å². The minimum absolute atomic E-state index is 0.275. The minimum atomic E-state index is -1.21. The maximum Gasteiger partial charge on any atom is 0.144 e. The Hall–Kier alpha value is -0.263. The van der Waals surface area contributed by atoms with Gasteiger partial charge in [0.25, 0.3) is 0 Å². The van der Waals surface area contributed by atoms with Crippen LogP contribution in [0.4, 0.5) is 0 Å². The summed E-state index contributed by atoms with van der Waals surface area (Å²) in [6.07, 6.45) is 11.6. The van der Waals surface area contributed by atoms with Crippen molar-refractivity contribution in [1.29, 1.82) is 0 Å². The summed E-state index contributed by atoms with van der Waals surface area (Å²) in [5, 5.41) is 0. The summed E-state index contributed by atoms with van der Waals surface area (Å²) in [4.78, 5) is 0. The predicted molar refractivity (Wildman–Crippen MR) is 82.4 cm³/mol. The lowest BCUT2D eigenvalue weighted by atomic mass is 10.1. The van der Waals surface area contributed by atoms with Crippen LogP contribution >= 0.6 is 0 Å². The average Bonchev–Trinajstić information content (AvgIpc) is 3.03. The Kier molecular flexibility index (Phi) is 7.03. The summed E-state index contributed by atoms with van der Waals surface area (Å²) in [5.41, 5.74) is 3.40. The highest BCUT2D eigenvalue weighted by Gasteiger charge is 2.36. The number of epoxide rings is 1. The molecule has 0 radical (unpaired) electrons. The van der Waals surface area contributed by atoms with Gasteiger partial charge in [0, 0.05) is 0 Å². The largest absolute Gasteiger partial charge is 0.356 e. The van der Waals surface area contributed by atoms with Gasteiger partial charge in [-0.2, -0.15) is 0 Å². The molecule has 0 N–H and O–H groups in total. The second-order valence-corrected chi connectivity index (χ2v) is 11.3. The van der Waals surface area contributed by atoms with E-state index in [9.17, 15) is 0 Å². The van der Waals surface area contributed by atoms with Crippen LogP contribution in [0, 0.1) is 11.5 Å². The van der Waals surface area contributed by atoms with E-state index in [1.807, 2.05) is 0 Å². The maximum absolute atomic E-state index is 5.61. The molecule has 0 aromatic heterocycles. The van der Waals surface area contributed by atoms with E-state index in [4.69, 9.17) is 4.74 Å². The fourth-order valence-electron chi connectivity index (χ4n) is 2.08. The summed E-state index contributed by atoms with van der Waals surface area (Å²) in [6.45, 7) is 9.13. The van der Waals surface area contributed by atoms with E-state index in [2.05, 4.69) is 38.0 Å². The molecule has 0 aliphatic carbocycles. The lowest BCUT2D eigenvalue weighted by Crippen LogP contribution is -2.16. The van der Waals surface area contributed by atoms with Gasteiger partial charge in [0.05, 0.1) is 6.10 Å². The van der Waals surface area contributed by atoms with Crippen molar-refractivity contribution < 1.29 is 4.74 Å². The van der Waals surface area contributed by atoms with Crippen molar-refractivity contribution in [3.63, 3.8) is 0 Å². The van der Waals surface area contributed by atoms with Crippen molar-refractivity contribution in [2.24, 2.45) is 0 Å². The van der Waals surface area contributed by atoms with Gasteiger partial charge in [0.1, 0.15) is 14.2 Å². The van der Waals surface area contributed by atoms with Gasteiger partial charge in [-0.05, 0) is 6.42 Å². The Morgan fingerprint density at radius 3 is 2.17 bits per heavy atom. The van der Waals surface area contributed by atoms with Gasteiger partial charge < -0.3 is 4.74 Å². The molecule has 2 atom stereocenters. The fourth-order valence-corrected chi connectivity index (χ4v) is 2.65. The molecule has 1 aliphatic heterocycles. The van der Waals surface area contributed by atoms with Crippen LogP contribution in [0.3, 0.4) is 0 Å². The lowest BCUT2D eigenvalue weighted by Gasteiger charge is -2.02. The van der Waals surface area contributed by atoms with E-state index in [0.717, 1.165) is 0 Å². The summed E-state index contributed by atoms with van der Waals surface area (Å²) >= 11 is 0. The zero-order chi connectivity index (χ0) is 13.4. The van der Waals surface area contributed by atoms with Crippen molar-refractivity contribution >= 4 is 8.07 Å². The van der Waals surface area contributed by atoms with Crippen LogP contribution in [0.5, 0.6) is 0 Å². The third-order valence-corrected chi connectivity index (χ3v) is 4.16. The van der Waals surface area contributed by atoms with E-state index < -0.39 is 8.07 Å². The molecule has 1 heterocycles. The van der Waals surface area contributed by atoms with Crippen molar-refractivity contribution in [2.45, 2.75) is 90.1 Å². The molecule has 104 valence electrons. The number of unbranched alkanes of at least 4 members (excludes halogenated alkanes) is 6. The number of ether oxygens (including phenoxy) is 1. The van der Waals surface area contributed by atoms with Crippen LogP contribution in [-0.4, -0.2) is 20.3 Å². The van der Waals surface area contributed by atoms with Crippen molar-refractivity contribution in [3.8, 4) is 11.5 Å². The van der Waals surface area contributed by atoms with Gasteiger partial charge >= 0.3 is 0 Å². The number of hydrogen-bond acceptors (Lipinski definition) is 1. The molecule has 1 rings (SSSR count). The molecule has 0 unspecified atom stereocenters. The van der Waals surface area contributed by atoms with E-state index >= 15 is 0 Å². The third-order valence-electron chi connectivity index (χ3n) is 3.26. The normalized spacial score (nSPS) is 22.4. The number of hydrogen-bond donors (Lipinski definition) is 0. The monoisotopic (exact) mass is 266 g/mol. The third kappa shape index (κ3) is 7.95. The Labute approximate surface area is 115 Å². The Bertz CT molecular complexity index is 282. The molecule has 1 aliphatic rings. The maximum atomic E-state index is 5.61. The summed E-state index contributed by atoms with van der Waals surface area (Å²) < 4.78 is 5.61. The zero-order valence-corrected chi connectivity index (χ0v) is 13.7. The summed E-state index contributed by atoms with van der Waals surface area (Å²) in [6, 6.07) is 0. The molecule has 18 heavy (non-hydrogen) atoms. The van der Waals surface area contributed by atoms with E-state index in [1.54, 1.807) is 0 Å². The summed E-state index contributed by atoms with van der Waals surface area (Å²) in [5.74, 6) is 3.30. The average molecular weight is 267 g/mol. The lowest BCUT2D eigenvalue weighted by molar-refractivity contribution is 0.374. The van der Waals surface area contributed by atoms with Crippen LogP contribution in [0.25, 0.3) is 0 Å².